The predicted octanol–water partition coefficient (Wildman–Crippen LogP) is 3.28. The van der Waals surface area contributed by atoms with Gasteiger partial charge in [-0.15, -0.1) is 0 Å². The van der Waals surface area contributed by atoms with E-state index in [1.807, 2.05) is 6.92 Å². The summed E-state index contributed by atoms with van der Waals surface area (Å²) in [6.07, 6.45) is -7.67. The molecule has 22 heavy (non-hydrogen) atoms. The summed E-state index contributed by atoms with van der Waals surface area (Å²) in [5, 5.41) is 3.22. The Morgan fingerprint density at radius 3 is 2.45 bits per heavy atom. The van der Waals surface area contributed by atoms with Crippen molar-refractivity contribution >= 4 is 0 Å². The third-order valence-corrected chi connectivity index (χ3v) is 3.76. The Balaban J connectivity index is 2.25. The van der Waals surface area contributed by atoms with Gasteiger partial charge in [0.15, 0.2) is 0 Å². The third kappa shape index (κ3) is 3.89. The van der Waals surface area contributed by atoms with Crippen LogP contribution in [0, 0.1) is 0 Å². The molecule has 1 N–H and O–H groups in total. The molecule has 2 rings (SSSR count). The van der Waals surface area contributed by atoms with Crippen molar-refractivity contribution in [1.82, 2.24) is 10.2 Å². The zero-order valence-corrected chi connectivity index (χ0v) is 12.4. The first-order valence-electron chi connectivity index (χ1n) is 7.34. The van der Waals surface area contributed by atoms with Gasteiger partial charge in [-0.2, -0.15) is 17.6 Å². The van der Waals surface area contributed by atoms with E-state index < -0.39 is 12.5 Å². The lowest BCUT2D eigenvalue weighted by Gasteiger charge is -2.35. The molecule has 1 aromatic carbocycles. The second kappa shape index (κ2) is 7.28. The van der Waals surface area contributed by atoms with Crippen LogP contribution in [0.15, 0.2) is 24.3 Å². The average molecular weight is 320 g/mol. The van der Waals surface area contributed by atoms with E-state index in [1.165, 1.54) is 12.1 Å². The van der Waals surface area contributed by atoms with Crippen molar-refractivity contribution in [3.05, 3.63) is 29.8 Å². The number of alkyl halides is 4. The van der Waals surface area contributed by atoms with Gasteiger partial charge in [0, 0.05) is 37.8 Å². The van der Waals surface area contributed by atoms with Crippen LogP contribution in [-0.2, 0) is 0 Å². The normalized spacial score (nSPS) is 18.5. The summed E-state index contributed by atoms with van der Waals surface area (Å²) < 4.78 is 55.5. The number of piperazine rings is 1. The van der Waals surface area contributed by atoms with Crippen molar-refractivity contribution in [3.8, 4) is 5.75 Å². The summed E-state index contributed by atoms with van der Waals surface area (Å²) in [7, 11) is 0. The van der Waals surface area contributed by atoms with Gasteiger partial charge >= 0.3 is 12.5 Å². The van der Waals surface area contributed by atoms with Gasteiger partial charge in [-0.25, -0.2) is 0 Å². The van der Waals surface area contributed by atoms with Gasteiger partial charge in [0.05, 0.1) is 0 Å². The fourth-order valence-electron chi connectivity index (χ4n) is 2.71. The molecule has 1 aromatic rings. The summed E-state index contributed by atoms with van der Waals surface area (Å²) in [6, 6.07) is 6.05. The van der Waals surface area contributed by atoms with Crippen LogP contribution in [0.25, 0.3) is 0 Å². The molecular weight excluding hydrogens is 300 g/mol. The number of para-hydroxylation sites is 1. The van der Waals surface area contributed by atoms with E-state index in [0.29, 0.717) is 12.0 Å². The molecule has 1 aliphatic rings. The van der Waals surface area contributed by atoms with Crippen LogP contribution in [0.3, 0.4) is 0 Å². The van der Waals surface area contributed by atoms with E-state index in [0.717, 1.165) is 26.2 Å². The first-order valence-corrected chi connectivity index (χ1v) is 7.34. The van der Waals surface area contributed by atoms with E-state index in [2.05, 4.69) is 15.0 Å². The third-order valence-electron chi connectivity index (χ3n) is 3.76. The maximum atomic E-state index is 13.2. The molecule has 1 aliphatic heterocycles. The molecule has 0 saturated carbocycles. The van der Waals surface area contributed by atoms with Gasteiger partial charge in [-0.3, -0.25) is 4.90 Å². The second-order valence-corrected chi connectivity index (χ2v) is 5.21. The molecular formula is C15H20F4N2O. The Hall–Kier alpha value is -1.34. The van der Waals surface area contributed by atoms with Crippen molar-refractivity contribution in [1.29, 1.82) is 0 Å². The number of nitrogens with one attached hydrogen (secondary N) is 1. The number of halogens is 4. The summed E-state index contributed by atoms with van der Waals surface area (Å²) in [5.74, 6) is -0.182. The average Bonchev–Trinajstić information content (AvgIpc) is 2.50. The number of rotatable bonds is 6. The fourth-order valence-corrected chi connectivity index (χ4v) is 2.71. The van der Waals surface area contributed by atoms with Gasteiger partial charge in [0.25, 0.3) is 0 Å². The van der Waals surface area contributed by atoms with Gasteiger partial charge in [-0.1, -0.05) is 25.1 Å². The molecule has 0 aliphatic carbocycles. The molecule has 0 unspecified atom stereocenters. The van der Waals surface area contributed by atoms with Gasteiger partial charge in [0.1, 0.15) is 5.75 Å². The Bertz CT molecular complexity index is 478. The molecule has 1 fully saturated rings. The van der Waals surface area contributed by atoms with Crippen LogP contribution < -0.4 is 10.1 Å². The van der Waals surface area contributed by atoms with E-state index >= 15 is 0 Å². The molecule has 1 saturated heterocycles. The zero-order valence-electron chi connectivity index (χ0n) is 12.4. The minimum atomic E-state index is -4.49. The van der Waals surface area contributed by atoms with E-state index in [9.17, 15) is 17.6 Å². The largest absolute Gasteiger partial charge is 0.461 e. The van der Waals surface area contributed by atoms with E-state index in [1.54, 1.807) is 12.1 Å². The highest BCUT2D eigenvalue weighted by atomic mass is 19.3. The molecule has 0 bridgehead atoms. The van der Waals surface area contributed by atoms with Crippen molar-refractivity contribution < 1.29 is 22.3 Å². The number of benzene rings is 1. The lowest BCUT2D eigenvalue weighted by Crippen LogP contribution is -2.45. The van der Waals surface area contributed by atoms with Crippen molar-refractivity contribution in [2.24, 2.45) is 0 Å². The summed E-state index contributed by atoms with van der Waals surface area (Å²) >= 11 is 0. The summed E-state index contributed by atoms with van der Waals surface area (Å²) in [6.45, 7) is 5.12. The second-order valence-electron chi connectivity index (χ2n) is 5.21. The molecule has 0 radical (unpaired) electrons. The Morgan fingerprint density at radius 1 is 1.23 bits per heavy atom. The zero-order chi connectivity index (χ0) is 16.2. The number of nitrogens with zero attached hydrogens (tertiary/aromatic N) is 1. The van der Waals surface area contributed by atoms with Crippen molar-refractivity contribution in [2.75, 3.05) is 26.2 Å². The highest BCUT2D eigenvalue weighted by molar-refractivity contribution is 5.36. The highest BCUT2D eigenvalue weighted by Gasteiger charge is 2.44. The van der Waals surface area contributed by atoms with Crippen LogP contribution in [0.4, 0.5) is 17.6 Å². The SMILES string of the molecule is CC[C@H](c1ccccc1OC(F)(F)C(F)F)N1CCNCC1. The van der Waals surface area contributed by atoms with Crippen molar-refractivity contribution in [3.63, 3.8) is 0 Å². The molecule has 124 valence electrons. The minimum Gasteiger partial charge on any atom is -0.428 e. The van der Waals surface area contributed by atoms with Crippen LogP contribution in [0.1, 0.15) is 24.9 Å². The molecule has 0 amide bonds. The maximum Gasteiger partial charge on any atom is 0.461 e. The Morgan fingerprint density at radius 2 is 1.86 bits per heavy atom. The monoisotopic (exact) mass is 320 g/mol. The summed E-state index contributed by atoms with van der Waals surface area (Å²) in [4.78, 5) is 2.15. The number of hydrogen-bond acceptors (Lipinski definition) is 3. The summed E-state index contributed by atoms with van der Waals surface area (Å²) in [5.41, 5.74) is 0.521. The van der Waals surface area contributed by atoms with Gasteiger partial charge in [-0.05, 0) is 12.5 Å². The quantitative estimate of drug-likeness (QED) is 0.814. The van der Waals surface area contributed by atoms with Crippen LogP contribution in [0.2, 0.25) is 0 Å². The minimum absolute atomic E-state index is 0.133. The van der Waals surface area contributed by atoms with E-state index in [-0.39, 0.29) is 11.8 Å². The number of hydrogen-bond donors (Lipinski definition) is 1. The molecule has 0 aromatic heterocycles. The predicted molar refractivity (Wildman–Crippen MR) is 75.5 cm³/mol. The molecule has 0 spiro atoms. The highest BCUT2D eigenvalue weighted by Crippen LogP contribution is 2.36. The van der Waals surface area contributed by atoms with Crippen LogP contribution >= 0.6 is 0 Å². The lowest BCUT2D eigenvalue weighted by atomic mass is 10.0. The van der Waals surface area contributed by atoms with Gasteiger partial charge in [0.2, 0.25) is 0 Å². The molecule has 7 heteroatoms. The number of ether oxygens (including phenoxy) is 1. The van der Waals surface area contributed by atoms with E-state index in [4.69, 9.17) is 0 Å². The molecule has 1 heterocycles. The standard InChI is InChI=1S/C15H20F4N2O/c1-2-12(21-9-7-20-8-10-21)11-5-3-4-6-13(11)22-15(18,19)14(16)17/h3-6,12,14,20H,2,7-10H2,1H3/t12-/m1/s1. The Labute approximate surface area is 127 Å². The van der Waals surface area contributed by atoms with Crippen LogP contribution in [0.5, 0.6) is 5.75 Å². The van der Waals surface area contributed by atoms with Crippen LogP contribution in [-0.4, -0.2) is 43.6 Å². The maximum absolute atomic E-state index is 13.2. The van der Waals surface area contributed by atoms with Gasteiger partial charge < -0.3 is 10.1 Å². The molecule has 3 nitrogen and oxygen atoms in total. The van der Waals surface area contributed by atoms with Crippen molar-refractivity contribution in [2.45, 2.75) is 31.9 Å². The molecule has 1 atom stereocenters. The fraction of sp³-hybridized carbons (Fsp3) is 0.600. The smallest absolute Gasteiger partial charge is 0.428 e. The Kier molecular flexibility index (Phi) is 5.63. The first kappa shape index (κ1) is 17.0. The topological polar surface area (TPSA) is 24.5 Å². The first-order chi connectivity index (χ1) is 10.5. The lowest BCUT2D eigenvalue weighted by molar-refractivity contribution is -0.253.